The van der Waals surface area contributed by atoms with E-state index in [0.717, 1.165) is 11.1 Å². The molecule has 1 heterocycles. The summed E-state index contributed by atoms with van der Waals surface area (Å²) in [4.78, 5) is 13.7. The molecule has 0 amide bonds. The summed E-state index contributed by atoms with van der Waals surface area (Å²) in [5.74, 6) is 0.266. The van der Waals surface area contributed by atoms with Gasteiger partial charge in [0.25, 0.3) is 0 Å². The van der Waals surface area contributed by atoms with E-state index < -0.39 is 0 Å². The van der Waals surface area contributed by atoms with Crippen molar-refractivity contribution in [2.24, 2.45) is 9.98 Å². The summed E-state index contributed by atoms with van der Waals surface area (Å²) in [7, 11) is 0. The molecule has 3 rings (SSSR count). The van der Waals surface area contributed by atoms with Gasteiger partial charge in [-0.05, 0) is 75.2 Å². The molecule has 5 heteroatoms. The molecule has 0 bridgehead atoms. The van der Waals surface area contributed by atoms with Gasteiger partial charge in [0, 0.05) is 0 Å². The number of aromatic nitrogens is 1. The highest BCUT2D eigenvalue weighted by molar-refractivity contribution is 6.02. The molecule has 0 saturated heterocycles. The quantitative estimate of drug-likeness (QED) is 0.602. The van der Waals surface area contributed by atoms with Crippen LogP contribution in [0, 0.1) is 13.8 Å². The molecule has 0 fully saturated rings. The molecule has 2 aromatic carbocycles. The lowest BCUT2D eigenvalue weighted by molar-refractivity contribution is 0.476. The molecule has 0 aliphatic rings. The Morgan fingerprint density at radius 2 is 1.14 bits per heavy atom. The Balaban J connectivity index is 1.95. The van der Waals surface area contributed by atoms with Crippen LogP contribution in [0.25, 0.3) is 0 Å². The van der Waals surface area contributed by atoms with Crippen molar-refractivity contribution < 1.29 is 10.2 Å². The maximum atomic E-state index is 10.0. The number of nitrogens with zero attached hydrogens (tertiary/aromatic N) is 3. The number of rotatable bonds is 4. The van der Waals surface area contributed by atoms with Crippen molar-refractivity contribution >= 4 is 22.8 Å². The zero-order chi connectivity index (χ0) is 20.3. The molecule has 28 heavy (non-hydrogen) atoms. The zero-order valence-corrected chi connectivity index (χ0v) is 16.4. The number of hydrogen-bond acceptors (Lipinski definition) is 5. The predicted octanol–water partition coefficient (Wildman–Crippen LogP) is 5.39. The second-order valence-electron chi connectivity index (χ2n) is 6.79. The Kier molecular flexibility index (Phi) is 5.54. The van der Waals surface area contributed by atoms with Crippen molar-refractivity contribution in [2.75, 3.05) is 0 Å². The van der Waals surface area contributed by atoms with Crippen LogP contribution in [0.15, 0.2) is 64.6 Å². The van der Waals surface area contributed by atoms with Gasteiger partial charge >= 0.3 is 0 Å². The average molecular weight is 373 g/mol. The van der Waals surface area contributed by atoms with Crippen LogP contribution in [-0.2, 0) is 0 Å². The average Bonchev–Trinajstić information content (AvgIpc) is 2.67. The fraction of sp³-hybridized carbons (Fsp3) is 0.174. The van der Waals surface area contributed by atoms with E-state index in [2.05, 4.69) is 15.0 Å². The third-order valence-electron chi connectivity index (χ3n) is 4.33. The summed E-state index contributed by atoms with van der Waals surface area (Å²) in [6.07, 6.45) is 0. The van der Waals surface area contributed by atoms with Gasteiger partial charge in [0.2, 0.25) is 0 Å². The van der Waals surface area contributed by atoms with Crippen LogP contribution in [0.2, 0.25) is 0 Å². The van der Waals surface area contributed by atoms with E-state index in [9.17, 15) is 10.2 Å². The predicted molar refractivity (Wildman–Crippen MR) is 114 cm³/mol. The maximum Gasteiger partial charge on any atom is 0.141 e. The summed E-state index contributed by atoms with van der Waals surface area (Å²) in [5.41, 5.74) is 5.84. The summed E-state index contributed by atoms with van der Waals surface area (Å²) in [6.45, 7) is 7.61. The van der Waals surface area contributed by atoms with E-state index in [1.54, 1.807) is 12.1 Å². The number of aromatic hydroxyl groups is 2. The van der Waals surface area contributed by atoms with Gasteiger partial charge in [0.05, 0.1) is 22.8 Å². The maximum absolute atomic E-state index is 10.0. The smallest absolute Gasteiger partial charge is 0.141 e. The van der Waals surface area contributed by atoms with Crippen LogP contribution in [0.3, 0.4) is 0 Å². The normalized spacial score (nSPS) is 12.3. The molecule has 0 unspecified atom stereocenters. The molecule has 0 aliphatic heterocycles. The monoisotopic (exact) mass is 373 g/mol. The fourth-order valence-electron chi connectivity index (χ4n) is 2.76. The highest BCUT2D eigenvalue weighted by Gasteiger charge is 2.08. The first-order chi connectivity index (χ1) is 13.3. The van der Waals surface area contributed by atoms with Crippen molar-refractivity contribution in [3.63, 3.8) is 0 Å². The zero-order valence-electron chi connectivity index (χ0n) is 16.4. The molecule has 3 aromatic rings. The lowest BCUT2D eigenvalue weighted by Crippen LogP contribution is -2.05. The summed E-state index contributed by atoms with van der Waals surface area (Å²) >= 11 is 0. The van der Waals surface area contributed by atoms with Crippen molar-refractivity contribution in [2.45, 2.75) is 27.7 Å². The van der Waals surface area contributed by atoms with E-state index in [0.29, 0.717) is 34.2 Å². The van der Waals surface area contributed by atoms with Gasteiger partial charge in [0.1, 0.15) is 22.9 Å². The standard InChI is InChI=1S/C23H23N3O2/c1-14-8-10-22(27)20(12-14)24-16(3)18-6-5-7-19(26-18)17(4)25-21-13-15(2)9-11-23(21)28/h5-13,27-28H,1-4H3. The molecule has 2 N–H and O–H groups in total. The topological polar surface area (TPSA) is 78.1 Å². The van der Waals surface area contributed by atoms with E-state index in [1.807, 2.05) is 70.2 Å². The molecule has 0 spiro atoms. The fourth-order valence-corrected chi connectivity index (χ4v) is 2.76. The summed E-state index contributed by atoms with van der Waals surface area (Å²) in [5, 5.41) is 20.0. The molecule has 1 aromatic heterocycles. The van der Waals surface area contributed by atoms with Gasteiger partial charge in [0.15, 0.2) is 0 Å². The Hall–Kier alpha value is -3.47. The van der Waals surface area contributed by atoms with Crippen LogP contribution < -0.4 is 0 Å². The summed E-state index contributed by atoms with van der Waals surface area (Å²) in [6, 6.07) is 16.2. The number of benzene rings is 2. The number of aliphatic imine (C=N–C) groups is 2. The lowest BCUT2D eigenvalue weighted by atomic mass is 10.1. The number of phenols is 2. The number of pyridine rings is 1. The third-order valence-corrected chi connectivity index (χ3v) is 4.33. The first-order valence-electron chi connectivity index (χ1n) is 9.01. The Bertz CT molecular complexity index is 1000. The SMILES string of the molecule is CC(=Nc1cc(C)ccc1O)c1cccc(C(C)=Nc2cc(C)ccc2O)n1. The third kappa shape index (κ3) is 4.43. The number of hydrogen-bond donors (Lipinski definition) is 2. The molecule has 0 aliphatic carbocycles. The Labute approximate surface area is 164 Å². The van der Waals surface area contributed by atoms with E-state index >= 15 is 0 Å². The van der Waals surface area contributed by atoms with Crippen LogP contribution in [0.1, 0.15) is 36.4 Å². The first-order valence-corrected chi connectivity index (χ1v) is 9.01. The highest BCUT2D eigenvalue weighted by atomic mass is 16.3. The molecule has 142 valence electrons. The molecule has 0 atom stereocenters. The molecule has 0 saturated carbocycles. The number of aryl methyl sites for hydroxylation is 2. The largest absolute Gasteiger partial charge is 0.506 e. The second kappa shape index (κ2) is 8.05. The van der Waals surface area contributed by atoms with Gasteiger partial charge < -0.3 is 10.2 Å². The van der Waals surface area contributed by atoms with E-state index in [-0.39, 0.29) is 11.5 Å². The van der Waals surface area contributed by atoms with Gasteiger partial charge in [-0.3, -0.25) is 0 Å². The van der Waals surface area contributed by atoms with Crippen molar-refractivity contribution in [3.8, 4) is 11.5 Å². The molecular weight excluding hydrogens is 350 g/mol. The van der Waals surface area contributed by atoms with Crippen molar-refractivity contribution in [1.82, 2.24) is 4.98 Å². The van der Waals surface area contributed by atoms with Gasteiger partial charge in [-0.2, -0.15) is 0 Å². The second-order valence-corrected chi connectivity index (χ2v) is 6.79. The minimum absolute atomic E-state index is 0.133. The Morgan fingerprint density at radius 3 is 1.57 bits per heavy atom. The molecule has 5 nitrogen and oxygen atoms in total. The highest BCUT2D eigenvalue weighted by Crippen LogP contribution is 2.29. The van der Waals surface area contributed by atoms with Crippen LogP contribution in [0.4, 0.5) is 11.4 Å². The van der Waals surface area contributed by atoms with Crippen LogP contribution in [0.5, 0.6) is 11.5 Å². The van der Waals surface area contributed by atoms with E-state index in [4.69, 9.17) is 0 Å². The minimum Gasteiger partial charge on any atom is -0.506 e. The molecule has 0 radical (unpaired) electrons. The number of phenolic OH excluding ortho intramolecular Hbond substituents is 2. The van der Waals surface area contributed by atoms with Crippen LogP contribution >= 0.6 is 0 Å². The van der Waals surface area contributed by atoms with Crippen LogP contribution in [-0.4, -0.2) is 26.6 Å². The lowest BCUT2D eigenvalue weighted by Gasteiger charge is -2.07. The summed E-state index contributed by atoms with van der Waals surface area (Å²) < 4.78 is 0. The van der Waals surface area contributed by atoms with Gasteiger partial charge in [-0.25, -0.2) is 15.0 Å². The minimum atomic E-state index is 0.133. The van der Waals surface area contributed by atoms with Crippen molar-refractivity contribution in [3.05, 3.63) is 77.1 Å². The first kappa shape index (κ1) is 19.3. The van der Waals surface area contributed by atoms with Gasteiger partial charge in [-0.15, -0.1) is 0 Å². The molecular formula is C23H23N3O2. The van der Waals surface area contributed by atoms with E-state index in [1.165, 1.54) is 0 Å². The van der Waals surface area contributed by atoms with Gasteiger partial charge in [-0.1, -0.05) is 18.2 Å². The van der Waals surface area contributed by atoms with Crippen molar-refractivity contribution in [1.29, 1.82) is 0 Å². The Morgan fingerprint density at radius 1 is 0.714 bits per heavy atom.